The van der Waals surface area contributed by atoms with Gasteiger partial charge >= 0.3 is 0 Å². The molecule has 0 aliphatic rings. The highest BCUT2D eigenvalue weighted by atomic mass is 79.9. The largest absolute Gasteiger partial charge is 0.383 e. The van der Waals surface area contributed by atoms with E-state index < -0.39 is 10.8 Å². The van der Waals surface area contributed by atoms with Gasteiger partial charge in [-0.15, -0.1) is 0 Å². The van der Waals surface area contributed by atoms with Crippen LogP contribution in [-0.2, 0) is 4.79 Å². The summed E-state index contributed by atoms with van der Waals surface area (Å²) in [7, 11) is 3.03. The minimum absolute atomic E-state index is 0.135. The third-order valence-electron chi connectivity index (χ3n) is 3.90. The molecule has 0 saturated heterocycles. The van der Waals surface area contributed by atoms with Gasteiger partial charge in [-0.2, -0.15) is 0 Å². The third kappa shape index (κ3) is 5.04. The molecule has 2 N–H and O–H groups in total. The standard InChI is InChI=1S/C18H19BrN4O4/c1-11-8-13(19)5-7-14(11)21-17(24)10-22(3)18(25)12-4-6-15(20-2)16(9-12)23(26)27/h4-9,20H,10H2,1-3H3,(H,21,24). The van der Waals surface area contributed by atoms with Crippen molar-refractivity contribution in [2.45, 2.75) is 6.92 Å². The minimum Gasteiger partial charge on any atom is -0.383 e. The van der Waals surface area contributed by atoms with E-state index in [1.54, 1.807) is 19.2 Å². The van der Waals surface area contributed by atoms with Gasteiger partial charge in [0.25, 0.3) is 11.6 Å². The summed E-state index contributed by atoms with van der Waals surface area (Å²) in [4.78, 5) is 36.5. The Kier molecular flexibility index (Phi) is 6.51. The molecular weight excluding hydrogens is 416 g/mol. The molecule has 0 radical (unpaired) electrons. The SMILES string of the molecule is CNc1ccc(C(=O)N(C)CC(=O)Nc2ccc(Br)cc2C)cc1[N+](=O)[O-]. The Hall–Kier alpha value is -2.94. The van der Waals surface area contributed by atoms with Gasteiger partial charge in [-0.1, -0.05) is 15.9 Å². The van der Waals surface area contributed by atoms with Gasteiger partial charge in [0.05, 0.1) is 11.5 Å². The van der Waals surface area contributed by atoms with E-state index in [-0.39, 0.29) is 23.7 Å². The summed E-state index contributed by atoms with van der Waals surface area (Å²) < 4.78 is 0.900. The summed E-state index contributed by atoms with van der Waals surface area (Å²) in [5, 5.41) is 16.6. The number of hydrogen-bond donors (Lipinski definition) is 2. The molecule has 0 heterocycles. The molecule has 2 amide bonds. The maximum atomic E-state index is 12.5. The number of halogens is 1. The maximum Gasteiger partial charge on any atom is 0.293 e. The summed E-state index contributed by atoms with van der Waals surface area (Å²) in [6.45, 7) is 1.67. The molecule has 2 aromatic carbocycles. The van der Waals surface area contributed by atoms with Crippen molar-refractivity contribution in [3.63, 3.8) is 0 Å². The topological polar surface area (TPSA) is 105 Å². The second kappa shape index (κ2) is 8.63. The fraction of sp³-hybridized carbons (Fsp3) is 0.222. The zero-order valence-corrected chi connectivity index (χ0v) is 16.7. The van der Waals surface area contributed by atoms with Gasteiger partial charge in [-0.05, 0) is 42.8 Å². The first-order valence-electron chi connectivity index (χ1n) is 8.00. The lowest BCUT2D eigenvalue weighted by atomic mass is 10.1. The van der Waals surface area contributed by atoms with E-state index in [2.05, 4.69) is 26.6 Å². The van der Waals surface area contributed by atoms with Crippen LogP contribution in [0.4, 0.5) is 17.1 Å². The number of aryl methyl sites for hydroxylation is 1. The molecule has 142 valence electrons. The molecule has 9 heteroatoms. The van der Waals surface area contributed by atoms with Crippen molar-refractivity contribution in [1.82, 2.24) is 4.90 Å². The number of anilines is 2. The summed E-state index contributed by atoms with van der Waals surface area (Å²) >= 11 is 3.36. The van der Waals surface area contributed by atoms with Gasteiger partial charge in [-0.25, -0.2) is 0 Å². The van der Waals surface area contributed by atoms with Crippen LogP contribution >= 0.6 is 15.9 Å². The van der Waals surface area contributed by atoms with Crippen LogP contribution in [0.25, 0.3) is 0 Å². The van der Waals surface area contributed by atoms with Crippen molar-refractivity contribution in [2.75, 3.05) is 31.3 Å². The first-order valence-corrected chi connectivity index (χ1v) is 8.80. The molecule has 0 spiro atoms. The number of carbonyl (C=O) groups is 2. The number of nitrogens with zero attached hydrogens (tertiary/aromatic N) is 2. The number of amides is 2. The summed E-state index contributed by atoms with van der Waals surface area (Å²) in [6, 6.07) is 9.58. The maximum absolute atomic E-state index is 12.5. The first-order chi connectivity index (χ1) is 12.7. The molecule has 27 heavy (non-hydrogen) atoms. The van der Waals surface area contributed by atoms with Crippen LogP contribution in [0.3, 0.4) is 0 Å². The number of nitrogens with one attached hydrogen (secondary N) is 2. The molecule has 0 atom stereocenters. The smallest absolute Gasteiger partial charge is 0.293 e. The number of likely N-dealkylation sites (N-methyl/N-ethyl adjacent to an activating group) is 1. The van der Waals surface area contributed by atoms with Crippen molar-refractivity contribution in [3.8, 4) is 0 Å². The highest BCUT2D eigenvalue weighted by Gasteiger charge is 2.20. The number of rotatable bonds is 6. The fourth-order valence-electron chi connectivity index (χ4n) is 2.49. The second-order valence-corrected chi connectivity index (χ2v) is 6.82. The van der Waals surface area contributed by atoms with E-state index in [1.807, 2.05) is 13.0 Å². The van der Waals surface area contributed by atoms with Gasteiger partial charge in [0, 0.05) is 35.9 Å². The van der Waals surface area contributed by atoms with Gasteiger partial charge in [-0.3, -0.25) is 19.7 Å². The molecule has 8 nitrogen and oxygen atoms in total. The van der Waals surface area contributed by atoms with Crippen LogP contribution in [0.15, 0.2) is 40.9 Å². The van der Waals surface area contributed by atoms with Crippen LogP contribution in [0, 0.1) is 17.0 Å². The lowest BCUT2D eigenvalue weighted by molar-refractivity contribution is -0.384. The zero-order valence-electron chi connectivity index (χ0n) is 15.1. The van der Waals surface area contributed by atoms with E-state index in [0.717, 1.165) is 10.0 Å². The number of carbonyl (C=O) groups excluding carboxylic acids is 2. The Labute approximate surface area is 164 Å². The number of hydrogen-bond acceptors (Lipinski definition) is 5. The number of benzene rings is 2. The van der Waals surface area contributed by atoms with Crippen LogP contribution < -0.4 is 10.6 Å². The van der Waals surface area contributed by atoms with Gasteiger partial charge < -0.3 is 15.5 Å². The van der Waals surface area contributed by atoms with Crippen LogP contribution in [0.1, 0.15) is 15.9 Å². The molecule has 0 unspecified atom stereocenters. The molecule has 0 saturated carbocycles. The molecule has 0 fully saturated rings. The summed E-state index contributed by atoms with van der Waals surface area (Å²) in [5.41, 5.74) is 1.77. The minimum atomic E-state index is -0.564. The monoisotopic (exact) mass is 434 g/mol. The normalized spacial score (nSPS) is 10.2. The zero-order chi connectivity index (χ0) is 20.1. The second-order valence-electron chi connectivity index (χ2n) is 5.91. The molecule has 0 aliphatic heterocycles. The highest BCUT2D eigenvalue weighted by molar-refractivity contribution is 9.10. The van der Waals surface area contributed by atoms with E-state index in [9.17, 15) is 19.7 Å². The Balaban J connectivity index is 2.09. The van der Waals surface area contributed by atoms with E-state index in [1.165, 1.54) is 30.1 Å². The molecule has 0 bridgehead atoms. The van der Waals surface area contributed by atoms with E-state index >= 15 is 0 Å². The Morgan fingerprint density at radius 3 is 2.44 bits per heavy atom. The molecule has 0 aliphatic carbocycles. The van der Waals surface area contributed by atoms with Crippen molar-refractivity contribution >= 4 is 44.8 Å². The number of nitro benzene ring substituents is 1. The Morgan fingerprint density at radius 2 is 1.85 bits per heavy atom. The molecular formula is C18H19BrN4O4. The molecule has 2 rings (SSSR count). The fourth-order valence-corrected chi connectivity index (χ4v) is 2.97. The van der Waals surface area contributed by atoms with Crippen LogP contribution in [0.2, 0.25) is 0 Å². The quantitative estimate of drug-likeness (QED) is 0.535. The Bertz CT molecular complexity index is 901. The average Bonchev–Trinajstić information content (AvgIpc) is 2.62. The van der Waals surface area contributed by atoms with Gasteiger partial charge in [0.15, 0.2) is 0 Å². The average molecular weight is 435 g/mol. The predicted octanol–water partition coefficient (Wildman–Crippen LogP) is 3.42. The summed E-state index contributed by atoms with van der Waals surface area (Å²) in [6.07, 6.45) is 0. The summed E-state index contributed by atoms with van der Waals surface area (Å²) in [5.74, 6) is -0.846. The van der Waals surface area contributed by atoms with E-state index in [4.69, 9.17) is 0 Å². The first kappa shape index (κ1) is 20.4. The Morgan fingerprint density at radius 1 is 1.19 bits per heavy atom. The third-order valence-corrected chi connectivity index (χ3v) is 4.39. The number of nitro groups is 1. The predicted molar refractivity (Wildman–Crippen MR) is 107 cm³/mol. The van der Waals surface area contributed by atoms with Crippen molar-refractivity contribution in [2.24, 2.45) is 0 Å². The van der Waals surface area contributed by atoms with Crippen LogP contribution in [-0.4, -0.2) is 42.3 Å². The van der Waals surface area contributed by atoms with Crippen molar-refractivity contribution < 1.29 is 14.5 Å². The van der Waals surface area contributed by atoms with Crippen LogP contribution in [0.5, 0.6) is 0 Å². The molecule has 2 aromatic rings. The van der Waals surface area contributed by atoms with Gasteiger partial charge in [0.1, 0.15) is 5.69 Å². The molecule has 0 aromatic heterocycles. The van der Waals surface area contributed by atoms with Crippen molar-refractivity contribution in [3.05, 3.63) is 62.1 Å². The van der Waals surface area contributed by atoms with Crippen molar-refractivity contribution in [1.29, 1.82) is 0 Å². The lowest BCUT2D eigenvalue weighted by Gasteiger charge is -2.17. The lowest BCUT2D eigenvalue weighted by Crippen LogP contribution is -2.35. The highest BCUT2D eigenvalue weighted by Crippen LogP contribution is 2.25. The van der Waals surface area contributed by atoms with E-state index in [0.29, 0.717) is 11.4 Å². The van der Waals surface area contributed by atoms with Gasteiger partial charge in [0.2, 0.25) is 5.91 Å².